The molecule has 0 aliphatic rings. The van der Waals surface area contributed by atoms with Crippen molar-refractivity contribution in [3.8, 4) is 0 Å². The van der Waals surface area contributed by atoms with Crippen LogP contribution in [0.15, 0.2) is 22.7 Å². The molecule has 0 saturated heterocycles. The minimum absolute atomic E-state index is 0.710. The summed E-state index contributed by atoms with van der Waals surface area (Å²) in [5.41, 5.74) is 0.948. The van der Waals surface area contributed by atoms with Gasteiger partial charge in [0.1, 0.15) is 0 Å². The number of hydrogen-bond acceptors (Lipinski definition) is 6. The number of hydrogen-bond donors (Lipinski definition) is 0. The molecule has 2 rings (SSSR count). The van der Waals surface area contributed by atoms with Crippen molar-refractivity contribution in [3.63, 3.8) is 0 Å². The summed E-state index contributed by atoms with van der Waals surface area (Å²) in [5, 5.41) is 9.80. The first-order valence-corrected chi connectivity index (χ1v) is 7.07. The Hall–Kier alpha value is -0.850. The van der Waals surface area contributed by atoms with E-state index in [9.17, 15) is 0 Å². The molecule has 2 aromatic rings. The Morgan fingerprint density at radius 3 is 2.88 bits per heavy atom. The fourth-order valence-electron chi connectivity index (χ4n) is 1.10. The van der Waals surface area contributed by atoms with Gasteiger partial charge in [0.05, 0.1) is 5.69 Å². The third kappa shape index (κ3) is 3.55. The molecule has 0 spiro atoms. The van der Waals surface area contributed by atoms with Crippen molar-refractivity contribution in [1.29, 1.82) is 0 Å². The predicted molar refractivity (Wildman–Crippen MR) is 73.0 cm³/mol. The summed E-state index contributed by atoms with van der Waals surface area (Å²) in [5.74, 6) is 0.753. The molecule has 0 amide bonds. The molecule has 2 aromatic heterocycles. The zero-order valence-corrected chi connectivity index (χ0v) is 11.8. The largest absolute Gasteiger partial charge is 0.353 e. The highest BCUT2D eigenvalue weighted by molar-refractivity contribution is 8.00. The predicted octanol–water partition coefficient (Wildman–Crippen LogP) is 2.94. The van der Waals surface area contributed by atoms with Gasteiger partial charge in [-0.3, -0.25) is 4.98 Å². The highest BCUT2D eigenvalue weighted by Gasteiger charge is 2.06. The molecule has 0 fully saturated rings. The molecular formula is C10H11ClN4S2. The number of aromatic nitrogens is 3. The van der Waals surface area contributed by atoms with Crippen molar-refractivity contribution < 1.29 is 0 Å². The molecule has 4 nitrogen and oxygen atoms in total. The number of halogens is 1. The number of pyridine rings is 1. The van der Waals surface area contributed by atoms with Crippen LogP contribution in [0.3, 0.4) is 0 Å². The quantitative estimate of drug-likeness (QED) is 0.809. The summed E-state index contributed by atoms with van der Waals surface area (Å²) in [4.78, 5) is 6.18. The van der Waals surface area contributed by atoms with E-state index in [2.05, 4.69) is 15.2 Å². The Bertz CT molecular complexity index is 501. The second kappa shape index (κ2) is 5.66. The Morgan fingerprint density at radius 2 is 2.24 bits per heavy atom. The summed E-state index contributed by atoms with van der Waals surface area (Å²) in [6.07, 6.45) is 1.71. The fraction of sp³-hybridized carbons (Fsp3) is 0.300. The van der Waals surface area contributed by atoms with Crippen LogP contribution in [0.25, 0.3) is 0 Å². The van der Waals surface area contributed by atoms with E-state index < -0.39 is 0 Å². The van der Waals surface area contributed by atoms with Gasteiger partial charge in [-0.05, 0) is 12.1 Å². The summed E-state index contributed by atoms with van der Waals surface area (Å²) < 4.78 is 0.940. The number of anilines is 1. The maximum atomic E-state index is 5.89. The summed E-state index contributed by atoms with van der Waals surface area (Å²) in [6.45, 7) is 0. The molecular weight excluding hydrogens is 276 g/mol. The van der Waals surface area contributed by atoms with Gasteiger partial charge < -0.3 is 4.90 Å². The Morgan fingerprint density at radius 1 is 1.41 bits per heavy atom. The maximum absolute atomic E-state index is 5.89. The van der Waals surface area contributed by atoms with Gasteiger partial charge in [-0.1, -0.05) is 34.7 Å². The first-order chi connectivity index (χ1) is 8.15. The maximum Gasteiger partial charge on any atom is 0.208 e. The monoisotopic (exact) mass is 286 g/mol. The Balaban J connectivity index is 1.97. The standard InChI is InChI=1S/C10H11ClN4S2/c1-15(2)9-13-14-10(17-9)16-6-8-5-7(11)3-4-12-8/h3-5H,6H2,1-2H3. The molecule has 0 aliphatic carbocycles. The summed E-state index contributed by atoms with van der Waals surface area (Å²) in [7, 11) is 3.90. The molecule has 0 atom stereocenters. The van der Waals surface area contributed by atoms with Crippen molar-refractivity contribution in [3.05, 3.63) is 29.0 Å². The molecule has 17 heavy (non-hydrogen) atoms. The van der Waals surface area contributed by atoms with E-state index in [1.54, 1.807) is 35.4 Å². The van der Waals surface area contributed by atoms with Gasteiger partial charge in [0.15, 0.2) is 4.34 Å². The van der Waals surface area contributed by atoms with E-state index in [0.29, 0.717) is 5.02 Å². The minimum Gasteiger partial charge on any atom is -0.353 e. The fourth-order valence-corrected chi connectivity index (χ4v) is 2.95. The van der Waals surface area contributed by atoms with Crippen LogP contribution in [-0.2, 0) is 5.75 Å². The van der Waals surface area contributed by atoms with Gasteiger partial charge >= 0.3 is 0 Å². The van der Waals surface area contributed by atoms with Crippen LogP contribution in [0.4, 0.5) is 5.13 Å². The third-order valence-corrected chi connectivity index (χ3v) is 4.39. The lowest BCUT2D eigenvalue weighted by Crippen LogP contribution is -2.07. The zero-order chi connectivity index (χ0) is 12.3. The van der Waals surface area contributed by atoms with Crippen LogP contribution >= 0.6 is 34.7 Å². The van der Waals surface area contributed by atoms with Gasteiger partial charge in [-0.25, -0.2) is 0 Å². The van der Waals surface area contributed by atoms with Crippen LogP contribution < -0.4 is 4.90 Å². The van der Waals surface area contributed by atoms with E-state index in [0.717, 1.165) is 20.9 Å². The smallest absolute Gasteiger partial charge is 0.208 e. The van der Waals surface area contributed by atoms with Crippen LogP contribution in [0.1, 0.15) is 5.69 Å². The molecule has 0 bridgehead atoms. The molecule has 0 aliphatic heterocycles. The molecule has 0 aromatic carbocycles. The molecule has 90 valence electrons. The van der Waals surface area contributed by atoms with Gasteiger partial charge in [-0.2, -0.15) is 0 Å². The van der Waals surface area contributed by atoms with Gasteiger partial charge in [-0.15, -0.1) is 10.2 Å². The first kappa shape index (κ1) is 12.6. The molecule has 0 N–H and O–H groups in total. The second-order valence-corrected chi connectivity index (χ2v) is 6.11. The van der Waals surface area contributed by atoms with E-state index >= 15 is 0 Å². The van der Waals surface area contributed by atoms with Crippen LogP contribution in [-0.4, -0.2) is 29.3 Å². The number of rotatable bonds is 4. The number of thioether (sulfide) groups is 1. The van der Waals surface area contributed by atoms with Gasteiger partial charge in [0.25, 0.3) is 0 Å². The zero-order valence-electron chi connectivity index (χ0n) is 9.42. The van der Waals surface area contributed by atoms with E-state index in [4.69, 9.17) is 11.6 Å². The van der Waals surface area contributed by atoms with Crippen LogP contribution in [0.5, 0.6) is 0 Å². The second-order valence-electron chi connectivity index (χ2n) is 3.50. The van der Waals surface area contributed by atoms with Crippen LogP contribution in [0.2, 0.25) is 5.02 Å². The molecule has 7 heteroatoms. The third-order valence-electron chi connectivity index (χ3n) is 1.90. The Labute approximate surface area is 113 Å². The van der Waals surface area contributed by atoms with Crippen molar-refractivity contribution >= 4 is 39.8 Å². The SMILES string of the molecule is CN(C)c1nnc(SCc2cc(Cl)ccn2)s1. The average Bonchev–Trinajstić information content (AvgIpc) is 2.75. The topological polar surface area (TPSA) is 41.9 Å². The van der Waals surface area contributed by atoms with Crippen molar-refractivity contribution in [2.75, 3.05) is 19.0 Å². The van der Waals surface area contributed by atoms with Gasteiger partial charge in [0.2, 0.25) is 5.13 Å². The lowest BCUT2D eigenvalue weighted by atomic mass is 10.4. The molecule has 0 unspecified atom stereocenters. The normalized spacial score (nSPS) is 10.5. The Kier molecular flexibility index (Phi) is 4.20. The molecule has 0 saturated carbocycles. The van der Waals surface area contributed by atoms with Crippen molar-refractivity contribution in [2.45, 2.75) is 10.1 Å². The van der Waals surface area contributed by atoms with E-state index in [1.807, 2.05) is 25.1 Å². The van der Waals surface area contributed by atoms with Crippen molar-refractivity contribution in [1.82, 2.24) is 15.2 Å². The average molecular weight is 287 g/mol. The lowest BCUT2D eigenvalue weighted by molar-refractivity contribution is 0.972. The van der Waals surface area contributed by atoms with Gasteiger partial charge in [0, 0.05) is 31.1 Å². The van der Waals surface area contributed by atoms with E-state index in [1.165, 1.54) is 0 Å². The minimum atomic E-state index is 0.710. The number of nitrogens with zero attached hydrogens (tertiary/aromatic N) is 4. The first-order valence-electron chi connectivity index (χ1n) is 4.89. The summed E-state index contributed by atoms with van der Waals surface area (Å²) >= 11 is 9.08. The van der Waals surface area contributed by atoms with Crippen LogP contribution in [0, 0.1) is 0 Å². The highest BCUT2D eigenvalue weighted by atomic mass is 35.5. The van der Waals surface area contributed by atoms with Crippen molar-refractivity contribution in [2.24, 2.45) is 0 Å². The highest BCUT2D eigenvalue weighted by Crippen LogP contribution is 2.29. The molecule has 0 radical (unpaired) electrons. The lowest BCUT2D eigenvalue weighted by Gasteiger charge is -2.03. The summed E-state index contributed by atoms with van der Waals surface area (Å²) in [6, 6.07) is 3.63. The van der Waals surface area contributed by atoms with E-state index in [-0.39, 0.29) is 0 Å². The molecule has 2 heterocycles.